The van der Waals surface area contributed by atoms with Crippen LogP contribution in [-0.2, 0) is 9.59 Å². The summed E-state index contributed by atoms with van der Waals surface area (Å²) in [5.74, 6) is -0.918. The van der Waals surface area contributed by atoms with Crippen LogP contribution in [0.15, 0.2) is 36.4 Å². The number of hydrogen-bond acceptors (Lipinski definition) is 3. The quantitative estimate of drug-likeness (QED) is 0.773. The molecule has 0 spiro atoms. The molecule has 2 N–H and O–H groups in total. The highest BCUT2D eigenvalue weighted by atomic mass is 16.5. The van der Waals surface area contributed by atoms with Crippen LogP contribution in [-0.4, -0.2) is 23.1 Å². The lowest BCUT2D eigenvalue weighted by atomic mass is 10.2. The van der Waals surface area contributed by atoms with Gasteiger partial charge in [-0.2, -0.15) is 0 Å². The average molecular weight is 263 g/mol. The Kier molecular flexibility index (Phi) is 5.60. The number of carbonyl (C=O) groups excluding carboxylic acids is 1. The summed E-state index contributed by atoms with van der Waals surface area (Å²) in [6, 6.07) is 6.90. The first-order valence-corrected chi connectivity index (χ1v) is 6.00. The van der Waals surface area contributed by atoms with Crippen LogP contribution >= 0.6 is 0 Å². The van der Waals surface area contributed by atoms with Crippen molar-refractivity contribution in [1.29, 1.82) is 0 Å². The SMILES string of the molecule is CCC(C)Oc1ccc(NC(=O)/C=C/C(=O)O)cc1. The van der Waals surface area contributed by atoms with Gasteiger partial charge >= 0.3 is 5.97 Å². The molecule has 0 heterocycles. The largest absolute Gasteiger partial charge is 0.491 e. The molecular weight excluding hydrogens is 246 g/mol. The highest BCUT2D eigenvalue weighted by Crippen LogP contribution is 2.17. The van der Waals surface area contributed by atoms with Crippen LogP contribution in [0.25, 0.3) is 0 Å². The molecule has 1 rings (SSSR count). The third kappa shape index (κ3) is 5.72. The lowest BCUT2D eigenvalue weighted by Crippen LogP contribution is -2.10. The molecule has 1 atom stereocenters. The van der Waals surface area contributed by atoms with Crippen molar-refractivity contribution in [2.75, 3.05) is 5.32 Å². The predicted molar refractivity (Wildman–Crippen MR) is 72.2 cm³/mol. The number of ether oxygens (including phenoxy) is 1. The summed E-state index contributed by atoms with van der Waals surface area (Å²) in [6.45, 7) is 4.01. The summed E-state index contributed by atoms with van der Waals surface area (Å²) < 4.78 is 5.60. The Balaban J connectivity index is 2.57. The first-order valence-electron chi connectivity index (χ1n) is 6.00. The van der Waals surface area contributed by atoms with Crippen LogP contribution < -0.4 is 10.1 Å². The minimum Gasteiger partial charge on any atom is -0.491 e. The number of anilines is 1. The number of aliphatic carboxylic acids is 1. The summed E-state index contributed by atoms with van der Waals surface area (Å²) in [5.41, 5.74) is 0.580. The van der Waals surface area contributed by atoms with Crippen LogP contribution in [0.2, 0.25) is 0 Å². The predicted octanol–water partition coefficient (Wildman–Crippen LogP) is 2.44. The Bertz CT molecular complexity index is 465. The highest BCUT2D eigenvalue weighted by molar-refractivity contribution is 6.02. The van der Waals surface area contributed by atoms with Crippen molar-refractivity contribution in [3.05, 3.63) is 36.4 Å². The van der Waals surface area contributed by atoms with E-state index in [1.54, 1.807) is 24.3 Å². The Morgan fingerprint density at radius 3 is 2.47 bits per heavy atom. The normalized spacial score (nSPS) is 12.1. The van der Waals surface area contributed by atoms with E-state index < -0.39 is 11.9 Å². The maximum absolute atomic E-state index is 11.3. The highest BCUT2D eigenvalue weighted by Gasteiger charge is 2.02. The van der Waals surface area contributed by atoms with E-state index in [0.717, 1.165) is 24.3 Å². The fourth-order valence-corrected chi connectivity index (χ4v) is 1.26. The number of carboxylic acids is 1. The minimum absolute atomic E-state index is 0.138. The molecule has 0 aliphatic rings. The smallest absolute Gasteiger partial charge is 0.328 e. The fraction of sp³-hybridized carbons (Fsp3) is 0.286. The van der Waals surface area contributed by atoms with Crippen LogP contribution in [0.1, 0.15) is 20.3 Å². The van der Waals surface area contributed by atoms with Crippen LogP contribution in [0.3, 0.4) is 0 Å². The zero-order chi connectivity index (χ0) is 14.3. The second-order valence-corrected chi connectivity index (χ2v) is 4.02. The van der Waals surface area contributed by atoms with Crippen LogP contribution in [0, 0.1) is 0 Å². The molecule has 1 unspecified atom stereocenters. The summed E-state index contributed by atoms with van der Waals surface area (Å²) in [5, 5.41) is 10.9. The molecule has 1 amide bonds. The number of hydrogen-bond donors (Lipinski definition) is 2. The van der Waals surface area contributed by atoms with Crippen molar-refractivity contribution < 1.29 is 19.4 Å². The van der Waals surface area contributed by atoms with Crippen LogP contribution in [0.4, 0.5) is 5.69 Å². The minimum atomic E-state index is -1.16. The Morgan fingerprint density at radius 2 is 1.95 bits per heavy atom. The van der Waals surface area contributed by atoms with Gasteiger partial charge in [0, 0.05) is 17.8 Å². The topological polar surface area (TPSA) is 75.6 Å². The van der Waals surface area contributed by atoms with Crippen molar-refractivity contribution >= 4 is 17.6 Å². The Labute approximate surface area is 111 Å². The van der Waals surface area contributed by atoms with Crippen molar-refractivity contribution in [3.8, 4) is 5.75 Å². The molecule has 102 valence electrons. The number of amides is 1. The lowest BCUT2D eigenvalue weighted by Gasteiger charge is -2.12. The van der Waals surface area contributed by atoms with Gasteiger partial charge in [-0.3, -0.25) is 4.79 Å². The van der Waals surface area contributed by atoms with Gasteiger partial charge in [-0.05, 0) is 37.6 Å². The maximum atomic E-state index is 11.3. The Hall–Kier alpha value is -2.30. The van der Waals surface area contributed by atoms with Gasteiger partial charge in [-0.1, -0.05) is 6.92 Å². The van der Waals surface area contributed by atoms with Crippen LogP contribution in [0.5, 0.6) is 5.75 Å². The standard InChI is InChI=1S/C14H17NO4/c1-3-10(2)19-12-6-4-11(5-7-12)15-13(16)8-9-14(17)18/h4-10H,3H2,1-2H3,(H,15,16)(H,17,18)/b9-8+. The maximum Gasteiger partial charge on any atom is 0.328 e. The van der Waals surface area contributed by atoms with Gasteiger partial charge in [-0.15, -0.1) is 0 Å². The molecular formula is C14H17NO4. The molecule has 0 saturated heterocycles. The number of carbonyl (C=O) groups is 2. The number of carboxylic acid groups (broad SMARTS) is 1. The molecule has 0 aliphatic carbocycles. The summed E-state index contributed by atoms with van der Waals surface area (Å²) in [6.07, 6.45) is 2.80. The van der Waals surface area contributed by atoms with Crippen molar-refractivity contribution in [2.24, 2.45) is 0 Å². The lowest BCUT2D eigenvalue weighted by molar-refractivity contribution is -0.131. The molecule has 5 heteroatoms. The molecule has 1 aromatic carbocycles. The van der Waals surface area contributed by atoms with Gasteiger partial charge < -0.3 is 15.2 Å². The third-order valence-corrected chi connectivity index (χ3v) is 2.41. The summed E-state index contributed by atoms with van der Waals surface area (Å²) in [4.78, 5) is 21.6. The van der Waals surface area contributed by atoms with Crippen molar-refractivity contribution in [3.63, 3.8) is 0 Å². The van der Waals surface area contributed by atoms with E-state index in [0.29, 0.717) is 5.69 Å². The molecule has 0 radical (unpaired) electrons. The van der Waals surface area contributed by atoms with Crippen molar-refractivity contribution in [1.82, 2.24) is 0 Å². The molecule has 0 aliphatic heterocycles. The van der Waals surface area contributed by atoms with Gasteiger partial charge in [-0.25, -0.2) is 4.79 Å². The third-order valence-electron chi connectivity index (χ3n) is 2.41. The Morgan fingerprint density at radius 1 is 1.32 bits per heavy atom. The van der Waals surface area contributed by atoms with E-state index in [4.69, 9.17) is 9.84 Å². The van der Waals surface area contributed by atoms with E-state index in [1.807, 2.05) is 13.8 Å². The van der Waals surface area contributed by atoms with E-state index in [9.17, 15) is 9.59 Å². The summed E-state index contributed by atoms with van der Waals surface area (Å²) in [7, 11) is 0. The van der Waals surface area contributed by atoms with Gasteiger partial charge in [0.15, 0.2) is 0 Å². The zero-order valence-corrected chi connectivity index (χ0v) is 10.9. The number of rotatable bonds is 6. The zero-order valence-electron chi connectivity index (χ0n) is 10.9. The molecule has 0 fully saturated rings. The molecule has 1 aromatic rings. The first-order chi connectivity index (χ1) is 9.01. The molecule has 5 nitrogen and oxygen atoms in total. The molecule has 19 heavy (non-hydrogen) atoms. The van der Waals surface area contributed by atoms with E-state index in [2.05, 4.69) is 5.32 Å². The second kappa shape index (κ2) is 7.20. The van der Waals surface area contributed by atoms with E-state index >= 15 is 0 Å². The van der Waals surface area contributed by atoms with E-state index in [1.165, 1.54) is 0 Å². The molecule has 0 saturated carbocycles. The monoisotopic (exact) mass is 263 g/mol. The van der Waals surface area contributed by atoms with Crippen molar-refractivity contribution in [2.45, 2.75) is 26.4 Å². The molecule has 0 aromatic heterocycles. The number of benzene rings is 1. The fourth-order valence-electron chi connectivity index (χ4n) is 1.26. The number of nitrogens with one attached hydrogen (secondary N) is 1. The second-order valence-electron chi connectivity index (χ2n) is 4.02. The first kappa shape index (κ1) is 14.8. The van der Waals surface area contributed by atoms with Gasteiger partial charge in [0.25, 0.3) is 0 Å². The van der Waals surface area contributed by atoms with Gasteiger partial charge in [0.2, 0.25) is 5.91 Å². The summed E-state index contributed by atoms with van der Waals surface area (Å²) >= 11 is 0. The van der Waals surface area contributed by atoms with E-state index in [-0.39, 0.29) is 6.10 Å². The average Bonchev–Trinajstić information content (AvgIpc) is 2.38. The van der Waals surface area contributed by atoms with Gasteiger partial charge in [0.1, 0.15) is 5.75 Å². The van der Waals surface area contributed by atoms with Gasteiger partial charge in [0.05, 0.1) is 6.10 Å². The molecule has 0 bridgehead atoms.